The number of benzene rings is 2. The van der Waals surface area contributed by atoms with Crippen LogP contribution in [0.1, 0.15) is 18.1 Å². The van der Waals surface area contributed by atoms with Crippen molar-refractivity contribution in [3.8, 4) is 5.75 Å². The number of amides is 1. The van der Waals surface area contributed by atoms with E-state index in [0.717, 1.165) is 11.3 Å². The summed E-state index contributed by atoms with van der Waals surface area (Å²) in [5.41, 5.74) is 5.41. The standard InChI is InChI=1S/C18H21N3O2/c1-13-8-10-15(11-9-13)12-19-21-18(22)14(2)20-16-6-4-5-7-17(16)23-3/h4-12,14,20H,1-3H3,(H,21,22)/b19-12+. The van der Waals surface area contributed by atoms with E-state index in [1.54, 1.807) is 20.2 Å². The molecule has 2 N–H and O–H groups in total. The SMILES string of the molecule is COc1ccccc1NC(C)C(=O)N/N=C/c1ccc(C)cc1. The zero-order valence-electron chi connectivity index (χ0n) is 13.5. The molecule has 2 rings (SSSR count). The molecule has 0 fully saturated rings. The normalized spacial score (nSPS) is 12.0. The predicted octanol–water partition coefficient (Wildman–Crippen LogP) is 2.95. The molecule has 0 saturated carbocycles. The summed E-state index contributed by atoms with van der Waals surface area (Å²) >= 11 is 0. The minimum absolute atomic E-state index is 0.223. The van der Waals surface area contributed by atoms with E-state index in [0.29, 0.717) is 5.75 Å². The van der Waals surface area contributed by atoms with Gasteiger partial charge in [0.15, 0.2) is 0 Å². The molecule has 5 nitrogen and oxygen atoms in total. The van der Waals surface area contributed by atoms with E-state index in [9.17, 15) is 4.79 Å². The van der Waals surface area contributed by atoms with E-state index in [4.69, 9.17) is 4.74 Å². The summed E-state index contributed by atoms with van der Waals surface area (Å²) in [4.78, 5) is 12.1. The monoisotopic (exact) mass is 311 g/mol. The molecule has 0 radical (unpaired) electrons. The van der Waals surface area contributed by atoms with Crippen LogP contribution in [0.2, 0.25) is 0 Å². The number of rotatable bonds is 6. The van der Waals surface area contributed by atoms with Gasteiger partial charge in [0.1, 0.15) is 11.8 Å². The summed E-state index contributed by atoms with van der Waals surface area (Å²) in [5.74, 6) is 0.467. The lowest BCUT2D eigenvalue weighted by Crippen LogP contribution is -2.35. The van der Waals surface area contributed by atoms with Crippen LogP contribution in [-0.2, 0) is 4.79 Å². The van der Waals surface area contributed by atoms with Crippen molar-refractivity contribution in [1.29, 1.82) is 0 Å². The van der Waals surface area contributed by atoms with Gasteiger partial charge in [0.05, 0.1) is 19.0 Å². The van der Waals surface area contributed by atoms with E-state index in [1.807, 2.05) is 55.5 Å². The number of aryl methyl sites for hydroxylation is 1. The first kappa shape index (κ1) is 16.5. The molecule has 0 aliphatic rings. The smallest absolute Gasteiger partial charge is 0.262 e. The van der Waals surface area contributed by atoms with Gasteiger partial charge in [0.25, 0.3) is 5.91 Å². The fraction of sp³-hybridized carbons (Fsp3) is 0.222. The number of nitrogens with one attached hydrogen (secondary N) is 2. The lowest BCUT2D eigenvalue weighted by molar-refractivity contribution is -0.121. The average Bonchev–Trinajstić information content (AvgIpc) is 2.57. The van der Waals surface area contributed by atoms with Crippen molar-refractivity contribution in [1.82, 2.24) is 5.43 Å². The Kier molecular flexibility index (Phi) is 5.74. The van der Waals surface area contributed by atoms with Crippen molar-refractivity contribution >= 4 is 17.8 Å². The molecule has 0 saturated heterocycles. The van der Waals surface area contributed by atoms with Gasteiger partial charge in [-0.15, -0.1) is 0 Å². The van der Waals surface area contributed by atoms with E-state index in [-0.39, 0.29) is 5.91 Å². The molecule has 0 heterocycles. The van der Waals surface area contributed by atoms with Gasteiger partial charge in [-0.3, -0.25) is 4.79 Å². The van der Waals surface area contributed by atoms with Crippen LogP contribution in [0.15, 0.2) is 53.6 Å². The highest BCUT2D eigenvalue weighted by atomic mass is 16.5. The molecule has 1 unspecified atom stereocenters. The maximum atomic E-state index is 12.1. The van der Waals surface area contributed by atoms with E-state index >= 15 is 0 Å². The zero-order chi connectivity index (χ0) is 16.7. The molecule has 1 amide bonds. The van der Waals surface area contributed by atoms with Crippen LogP contribution in [0.25, 0.3) is 0 Å². The quantitative estimate of drug-likeness (QED) is 0.637. The highest BCUT2D eigenvalue weighted by Crippen LogP contribution is 2.23. The van der Waals surface area contributed by atoms with Gasteiger partial charge in [0, 0.05) is 0 Å². The maximum Gasteiger partial charge on any atom is 0.262 e. The molecule has 0 spiro atoms. The van der Waals surface area contributed by atoms with Crippen LogP contribution in [0.5, 0.6) is 5.75 Å². The van der Waals surface area contributed by atoms with Gasteiger partial charge >= 0.3 is 0 Å². The third-order valence-electron chi connectivity index (χ3n) is 3.34. The fourth-order valence-electron chi connectivity index (χ4n) is 1.98. The molecular weight excluding hydrogens is 290 g/mol. The maximum absolute atomic E-state index is 12.1. The number of para-hydroxylation sites is 2. The summed E-state index contributed by atoms with van der Waals surface area (Å²) < 4.78 is 5.25. The summed E-state index contributed by atoms with van der Waals surface area (Å²) in [7, 11) is 1.59. The summed E-state index contributed by atoms with van der Waals surface area (Å²) in [6.07, 6.45) is 1.62. The second-order valence-corrected chi connectivity index (χ2v) is 5.21. The van der Waals surface area contributed by atoms with Gasteiger partial charge in [-0.2, -0.15) is 5.10 Å². The van der Waals surface area contributed by atoms with Crippen LogP contribution < -0.4 is 15.5 Å². The number of anilines is 1. The van der Waals surface area contributed by atoms with Gasteiger partial charge in [0.2, 0.25) is 0 Å². The highest BCUT2D eigenvalue weighted by molar-refractivity contribution is 5.86. The largest absolute Gasteiger partial charge is 0.495 e. The minimum Gasteiger partial charge on any atom is -0.495 e. The van der Waals surface area contributed by atoms with Crippen molar-refractivity contribution in [2.24, 2.45) is 5.10 Å². The number of hydrogen-bond acceptors (Lipinski definition) is 4. The van der Waals surface area contributed by atoms with Crippen LogP contribution in [-0.4, -0.2) is 25.3 Å². The van der Waals surface area contributed by atoms with Crippen molar-refractivity contribution in [2.45, 2.75) is 19.9 Å². The number of carbonyl (C=O) groups is 1. The molecule has 2 aromatic rings. The molecule has 5 heteroatoms. The Morgan fingerprint density at radius 1 is 1.17 bits per heavy atom. The Balaban J connectivity index is 1.91. The average molecular weight is 311 g/mol. The van der Waals surface area contributed by atoms with Crippen LogP contribution in [0.3, 0.4) is 0 Å². The van der Waals surface area contributed by atoms with Crippen LogP contribution in [0, 0.1) is 6.92 Å². The van der Waals surface area contributed by atoms with E-state index in [2.05, 4.69) is 15.8 Å². The van der Waals surface area contributed by atoms with Gasteiger partial charge < -0.3 is 10.1 Å². The Bertz CT molecular complexity index is 681. The Hall–Kier alpha value is -2.82. The van der Waals surface area contributed by atoms with E-state index in [1.165, 1.54) is 5.56 Å². The number of ether oxygens (including phenoxy) is 1. The molecule has 23 heavy (non-hydrogen) atoms. The molecular formula is C18H21N3O2. The highest BCUT2D eigenvalue weighted by Gasteiger charge is 2.13. The van der Waals surface area contributed by atoms with Gasteiger partial charge in [-0.1, -0.05) is 42.0 Å². The fourth-order valence-corrected chi connectivity index (χ4v) is 1.98. The second kappa shape index (κ2) is 7.98. The van der Waals surface area contributed by atoms with Crippen molar-refractivity contribution in [2.75, 3.05) is 12.4 Å². The topological polar surface area (TPSA) is 62.7 Å². The summed E-state index contributed by atoms with van der Waals surface area (Å²) in [6, 6.07) is 14.9. The Morgan fingerprint density at radius 3 is 2.57 bits per heavy atom. The molecule has 0 aliphatic heterocycles. The predicted molar refractivity (Wildman–Crippen MR) is 93.0 cm³/mol. The van der Waals surface area contributed by atoms with Crippen molar-refractivity contribution in [3.05, 3.63) is 59.7 Å². The molecule has 0 bridgehead atoms. The molecule has 1 atom stereocenters. The number of methoxy groups -OCH3 is 1. The second-order valence-electron chi connectivity index (χ2n) is 5.21. The van der Waals surface area contributed by atoms with Crippen LogP contribution >= 0.6 is 0 Å². The minimum atomic E-state index is -0.443. The number of nitrogens with zero attached hydrogens (tertiary/aromatic N) is 1. The first-order chi connectivity index (χ1) is 11.1. The van der Waals surface area contributed by atoms with Crippen molar-refractivity contribution in [3.63, 3.8) is 0 Å². The molecule has 0 aliphatic carbocycles. The number of carbonyl (C=O) groups excluding carboxylic acids is 1. The molecule has 0 aromatic heterocycles. The third-order valence-corrected chi connectivity index (χ3v) is 3.34. The van der Waals surface area contributed by atoms with E-state index < -0.39 is 6.04 Å². The third kappa shape index (κ3) is 4.85. The summed E-state index contributed by atoms with van der Waals surface area (Å²) in [5, 5.41) is 7.09. The lowest BCUT2D eigenvalue weighted by atomic mass is 10.2. The summed E-state index contributed by atoms with van der Waals surface area (Å²) in [6.45, 7) is 3.79. The zero-order valence-corrected chi connectivity index (χ0v) is 13.5. The first-order valence-electron chi connectivity index (χ1n) is 7.39. The number of hydrogen-bond donors (Lipinski definition) is 2. The first-order valence-corrected chi connectivity index (χ1v) is 7.39. The molecule has 2 aromatic carbocycles. The van der Waals surface area contributed by atoms with Gasteiger partial charge in [-0.05, 0) is 31.5 Å². The lowest BCUT2D eigenvalue weighted by Gasteiger charge is -2.15. The van der Waals surface area contributed by atoms with Crippen LogP contribution in [0.4, 0.5) is 5.69 Å². The van der Waals surface area contributed by atoms with Crippen molar-refractivity contribution < 1.29 is 9.53 Å². The van der Waals surface area contributed by atoms with Gasteiger partial charge in [-0.25, -0.2) is 5.43 Å². The number of hydrazone groups is 1. The molecule has 120 valence electrons. The Morgan fingerprint density at radius 2 is 1.87 bits per heavy atom. The Labute approximate surface area is 136 Å².